The average molecular weight is 507 g/mol. The minimum Gasteiger partial charge on any atom is -0.493 e. The van der Waals surface area contributed by atoms with E-state index in [0.717, 1.165) is 29.7 Å². The summed E-state index contributed by atoms with van der Waals surface area (Å²) in [7, 11) is -3.14. The van der Waals surface area contributed by atoms with Crippen molar-refractivity contribution in [2.45, 2.75) is 44.6 Å². The van der Waals surface area contributed by atoms with Gasteiger partial charge in [-0.2, -0.15) is 0 Å². The molecule has 34 heavy (non-hydrogen) atoms. The van der Waals surface area contributed by atoms with Gasteiger partial charge in [-0.05, 0) is 66.6 Å². The maximum Gasteiger partial charge on any atom is 0.404 e. The van der Waals surface area contributed by atoms with E-state index in [1.54, 1.807) is 0 Å². The molecule has 0 aromatic heterocycles. The Morgan fingerprint density at radius 3 is 2.74 bits per heavy atom. The Labute approximate surface area is 206 Å². The number of benzene rings is 2. The highest BCUT2D eigenvalue weighted by molar-refractivity contribution is 7.89. The summed E-state index contributed by atoms with van der Waals surface area (Å²) >= 11 is 6.18. The van der Waals surface area contributed by atoms with Crippen LogP contribution >= 0.6 is 11.6 Å². The van der Waals surface area contributed by atoms with E-state index in [9.17, 15) is 18.3 Å². The van der Waals surface area contributed by atoms with Crippen LogP contribution in [0.15, 0.2) is 42.5 Å². The van der Waals surface area contributed by atoms with Crippen LogP contribution in [0.5, 0.6) is 5.75 Å². The Hall–Kier alpha value is -2.29. The smallest absolute Gasteiger partial charge is 0.404 e. The Kier molecular flexibility index (Phi) is 7.70. The van der Waals surface area contributed by atoms with E-state index in [-0.39, 0.29) is 23.6 Å². The highest BCUT2D eigenvalue weighted by atomic mass is 35.5. The molecule has 2 unspecified atom stereocenters. The minimum atomic E-state index is -3.14. The Bertz CT molecular complexity index is 1130. The summed E-state index contributed by atoms with van der Waals surface area (Å²) in [5.41, 5.74) is 3.34. The lowest BCUT2D eigenvalue weighted by atomic mass is 9.76. The first-order valence-corrected chi connectivity index (χ1v) is 13.7. The van der Waals surface area contributed by atoms with E-state index >= 15 is 0 Å². The molecule has 2 aromatic rings. The highest BCUT2D eigenvalue weighted by Crippen LogP contribution is 2.37. The van der Waals surface area contributed by atoms with Gasteiger partial charge in [0.05, 0.1) is 12.4 Å². The van der Waals surface area contributed by atoms with E-state index in [0.29, 0.717) is 37.6 Å². The maximum atomic E-state index is 12.1. The monoisotopic (exact) mass is 506 g/mol. The topological polar surface area (TPSA) is 95.9 Å². The first-order valence-electron chi connectivity index (χ1n) is 11.7. The van der Waals surface area contributed by atoms with E-state index in [2.05, 4.69) is 11.4 Å². The van der Waals surface area contributed by atoms with Gasteiger partial charge in [0.2, 0.25) is 10.0 Å². The number of halogens is 1. The van der Waals surface area contributed by atoms with E-state index in [4.69, 9.17) is 16.3 Å². The van der Waals surface area contributed by atoms with Crippen LogP contribution in [-0.2, 0) is 22.9 Å². The summed E-state index contributed by atoms with van der Waals surface area (Å²) < 4.78 is 31.9. The second kappa shape index (κ2) is 10.5. The number of amides is 1. The van der Waals surface area contributed by atoms with Gasteiger partial charge >= 0.3 is 6.09 Å². The minimum absolute atomic E-state index is 0.0414. The molecule has 2 aromatic carbocycles. The van der Waals surface area contributed by atoms with Crippen LogP contribution in [0.3, 0.4) is 0 Å². The van der Waals surface area contributed by atoms with Gasteiger partial charge in [-0.1, -0.05) is 36.7 Å². The summed E-state index contributed by atoms with van der Waals surface area (Å²) in [5, 5.41) is 12.7. The van der Waals surface area contributed by atoms with Gasteiger partial charge in [-0.25, -0.2) is 17.5 Å². The van der Waals surface area contributed by atoms with Crippen LogP contribution in [0.2, 0.25) is 5.02 Å². The summed E-state index contributed by atoms with van der Waals surface area (Å²) in [5.74, 6) is 1.04. The normalized spacial score (nSPS) is 20.9. The molecule has 2 atom stereocenters. The van der Waals surface area contributed by atoms with Crippen molar-refractivity contribution in [2.75, 3.05) is 25.4 Å². The predicted octanol–water partition coefficient (Wildman–Crippen LogP) is 4.30. The lowest BCUT2D eigenvalue weighted by Gasteiger charge is -2.38. The molecule has 1 aliphatic carbocycles. The fourth-order valence-corrected chi connectivity index (χ4v) is 6.79. The number of rotatable bonds is 9. The quantitative estimate of drug-likeness (QED) is 0.528. The first kappa shape index (κ1) is 24.8. The molecule has 1 fully saturated rings. The number of aryl methyl sites for hydroxylation is 1. The summed E-state index contributed by atoms with van der Waals surface area (Å²) in [6.45, 7) is 3.31. The van der Waals surface area contributed by atoms with Crippen molar-refractivity contribution in [2.24, 2.45) is 5.92 Å². The maximum absolute atomic E-state index is 12.1. The Morgan fingerprint density at radius 2 is 2.03 bits per heavy atom. The largest absolute Gasteiger partial charge is 0.493 e. The lowest BCUT2D eigenvalue weighted by molar-refractivity contribution is 0.129. The van der Waals surface area contributed by atoms with E-state index in [1.807, 2.05) is 43.3 Å². The molecule has 9 heteroatoms. The Morgan fingerprint density at radius 1 is 1.24 bits per heavy atom. The summed E-state index contributed by atoms with van der Waals surface area (Å²) in [4.78, 5) is 11.4. The molecular formula is C25H31ClN2O5S. The molecule has 0 saturated carbocycles. The lowest BCUT2D eigenvalue weighted by Crippen LogP contribution is -2.52. The molecule has 0 bridgehead atoms. The van der Waals surface area contributed by atoms with Gasteiger partial charge < -0.3 is 15.2 Å². The standard InChI is InChI=1S/C25H31ClN2O5S/c1-2-10-34(31,32)28-14-18(15-28)16-33-21-8-6-19-7-9-24(27-25(29)30)23(22(19)13-21)12-17-4-3-5-20(26)11-17/h3-6,8,11,13,18,23-24,27H,2,7,9-10,12,14-16H2,1H3,(H,29,30). The van der Waals surface area contributed by atoms with Crippen LogP contribution in [0.25, 0.3) is 0 Å². The van der Waals surface area contributed by atoms with Crippen molar-refractivity contribution < 1.29 is 23.1 Å². The zero-order chi connectivity index (χ0) is 24.3. The van der Waals surface area contributed by atoms with Crippen LogP contribution < -0.4 is 10.1 Å². The first-order chi connectivity index (χ1) is 16.2. The van der Waals surface area contributed by atoms with Crippen molar-refractivity contribution in [1.29, 1.82) is 0 Å². The van der Waals surface area contributed by atoms with Gasteiger partial charge in [0.15, 0.2) is 0 Å². The fourth-order valence-electron chi connectivity index (χ4n) is 4.92. The second-order valence-electron chi connectivity index (χ2n) is 9.21. The zero-order valence-electron chi connectivity index (χ0n) is 19.2. The van der Waals surface area contributed by atoms with Gasteiger partial charge in [-0.15, -0.1) is 0 Å². The molecule has 4 rings (SSSR count). The number of hydrogen-bond donors (Lipinski definition) is 2. The van der Waals surface area contributed by atoms with Gasteiger partial charge in [-0.3, -0.25) is 0 Å². The number of carboxylic acid groups (broad SMARTS) is 1. The molecule has 1 aliphatic heterocycles. The number of nitrogens with zero attached hydrogens (tertiary/aromatic N) is 1. The number of ether oxygens (including phenoxy) is 1. The van der Waals surface area contributed by atoms with Crippen LogP contribution in [0.1, 0.15) is 42.4 Å². The Balaban J connectivity index is 1.47. The molecule has 0 spiro atoms. The molecule has 1 heterocycles. The second-order valence-corrected chi connectivity index (χ2v) is 11.7. The van der Waals surface area contributed by atoms with Crippen LogP contribution in [-0.4, -0.2) is 55.4 Å². The summed E-state index contributed by atoms with van der Waals surface area (Å²) in [6.07, 6.45) is 1.77. The molecule has 2 aliphatic rings. The SMILES string of the molecule is CCCS(=O)(=O)N1CC(COc2ccc3c(c2)C(Cc2cccc(Cl)c2)C(NC(=O)O)CC3)C1. The van der Waals surface area contributed by atoms with Gasteiger partial charge in [0.1, 0.15) is 5.75 Å². The molecule has 2 N–H and O–H groups in total. The van der Waals surface area contributed by atoms with Crippen LogP contribution in [0, 0.1) is 5.92 Å². The number of carbonyl (C=O) groups is 1. The molecule has 1 saturated heterocycles. The van der Waals surface area contributed by atoms with Crippen molar-refractivity contribution in [1.82, 2.24) is 9.62 Å². The summed E-state index contributed by atoms with van der Waals surface area (Å²) in [6, 6.07) is 13.5. The molecule has 184 valence electrons. The number of nitrogens with one attached hydrogen (secondary N) is 1. The fraction of sp³-hybridized carbons (Fsp3) is 0.480. The molecular weight excluding hydrogens is 476 g/mol. The number of fused-ring (bicyclic) bond motifs is 1. The van der Waals surface area contributed by atoms with E-state index < -0.39 is 16.1 Å². The molecule has 7 nitrogen and oxygen atoms in total. The third kappa shape index (κ3) is 5.85. The van der Waals surface area contributed by atoms with E-state index in [1.165, 1.54) is 9.87 Å². The van der Waals surface area contributed by atoms with Crippen molar-refractivity contribution in [3.8, 4) is 5.75 Å². The third-order valence-electron chi connectivity index (χ3n) is 6.65. The van der Waals surface area contributed by atoms with Gasteiger partial charge in [0, 0.05) is 36.0 Å². The number of hydrogen-bond acceptors (Lipinski definition) is 4. The highest BCUT2D eigenvalue weighted by Gasteiger charge is 2.36. The average Bonchev–Trinajstić information content (AvgIpc) is 2.74. The molecule has 1 amide bonds. The third-order valence-corrected chi connectivity index (χ3v) is 8.89. The predicted molar refractivity (Wildman–Crippen MR) is 132 cm³/mol. The van der Waals surface area contributed by atoms with Crippen molar-refractivity contribution >= 4 is 27.7 Å². The zero-order valence-corrected chi connectivity index (χ0v) is 20.8. The molecule has 0 radical (unpaired) electrons. The van der Waals surface area contributed by atoms with Crippen molar-refractivity contribution in [3.63, 3.8) is 0 Å². The number of sulfonamides is 1. The van der Waals surface area contributed by atoms with Gasteiger partial charge in [0.25, 0.3) is 0 Å². The van der Waals surface area contributed by atoms with Crippen LogP contribution in [0.4, 0.5) is 4.79 Å². The van der Waals surface area contributed by atoms with Crippen molar-refractivity contribution in [3.05, 3.63) is 64.2 Å².